The number of benzene rings is 1. The summed E-state index contributed by atoms with van der Waals surface area (Å²) in [5.41, 5.74) is 1.12. The second-order valence-electron chi connectivity index (χ2n) is 8.88. The van der Waals surface area contributed by atoms with Crippen LogP contribution in [-0.4, -0.2) is 22.7 Å². The first kappa shape index (κ1) is 27.9. The summed E-state index contributed by atoms with van der Waals surface area (Å²) >= 11 is 0. The van der Waals surface area contributed by atoms with E-state index in [-0.39, 0.29) is 10.6 Å². The SMILES string of the molecule is O=C(O)NCCCCCCCCCCCCCCCCCCCc1ccccc1[N+](=O)[O-]. The normalized spacial score (nSPS) is 10.9. The lowest BCUT2D eigenvalue weighted by Crippen LogP contribution is -2.21. The molecule has 1 aromatic rings. The van der Waals surface area contributed by atoms with Gasteiger partial charge >= 0.3 is 6.09 Å². The summed E-state index contributed by atoms with van der Waals surface area (Å²) in [5.74, 6) is 0. The molecule has 0 aliphatic heterocycles. The number of nitrogens with one attached hydrogen (secondary N) is 1. The Morgan fingerprint density at radius 2 is 1.12 bits per heavy atom. The number of carbonyl (C=O) groups is 1. The maximum Gasteiger partial charge on any atom is 0.404 e. The maximum atomic E-state index is 11.0. The molecule has 0 saturated carbocycles. The van der Waals surface area contributed by atoms with E-state index in [4.69, 9.17) is 5.11 Å². The first-order valence-corrected chi connectivity index (χ1v) is 12.8. The van der Waals surface area contributed by atoms with Crippen molar-refractivity contribution in [2.75, 3.05) is 6.54 Å². The molecule has 0 fully saturated rings. The van der Waals surface area contributed by atoms with Crippen LogP contribution in [0.15, 0.2) is 24.3 Å². The molecule has 0 heterocycles. The van der Waals surface area contributed by atoms with Crippen molar-refractivity contribution in [3.8, 4) is 0 Å². The van der Waals surface area contributed by atoms with Crippen LogP contribution in [0.25, 0.3) is 0 Å². The average Bonchev–Trinajstić information content (AvgIpc) is 2.77. The Bertz CT molecular complexity index is 622. The molecule has 0 radical (unpaired) electrons. The molecule has 1 aromatic carbocycles. The Hall–Kier alpha value is -2.11. The molecule has 0 saturated heterocycles. The summed E-state index contributed by atoms with van der Waals surface area (Å²) in [6, 6.07) is 7.10. The van der Waals surface area contributed by atoms with Gasteiger partial charge in [-0.3, -0.25) is 10.1 Å². The van der Waals surface area contributed by atoms with Crippen molar-refractivity contribution >= 4 is 11.8 Å². The van der Waals surface area contributed by atoms with Gasteiger partial charge in [0.15, 0.2) is 0 Å². The lowest BCUT2D eigenvalue weighted by atomic mass is 10.0. The van der Waals surface area contributed by atoms with Crippen molar-refractivity contribution in [1.82, 2.24) is 5.32 Å². The lowest BCUT2D eigenvalue weighted by molar-refractivity contribution is -0.385. The molecule has 0 unspecified atom stereocenters. The molecule has 6 heteroatoms. The summed E-state index contributed by atoms with van der Waals surface area (Å²) in [5, 5.41) is 21.9. The summed E-state index contributed by atoms with van der Waals surface area (Å²) in [4.78, 5) is 21.1. The standard InChI is InChI=1S/C26H44N2O4/c29-26(30)27-23-19-15-13-11-9-7-5-3-1-2-4-6-8-10-12-14-16-20-24-21-17-18-22-25(24)28(31)32/h17-18,21-22,27H,1-16,19-20,23H2,(H,29,30). The van der Waals surface area contributed by atoms with Gasteiger partial charge in [0.05, 0.1) is 4.92 Å². The molecule has 0 spiro atoms. The molecule has 0 aliphatic carbocycles. The molecule has 6 nitrogen and oxygen atoms in total. The van der Waals surface area contributed by atoms with E-state index in [0.29, 0.717) is 6.54 Å². The van der Waals surface area contributed by atoms with Gasteiger partial charge in [-0.1, -0.05) is 115 Å². The van der Waals surface area contributed by atoms with Crippen LogP contribution in [0, 0.1) is 10.1 Å². The Morgan fingerprint density at radius 1 is 0.719 bits per heavy atom. The predicted octanol–water partition coefficient (Wildman–Crippen LogP) is 8.04. The number of hydrogen-bond donors (Lipinski definition) is 2. The van der Waals surface area contributed by atoms with E-state index in [1.54, 1.807) is 12.1 Å². The van der Waals surface area contributed by atoms with Crippen molar-refractivity contribution in [2.24, 2.45) is 0 Å². The zero-order valence-corrected chi connectivity index (χ0v) is 19.9. The van der Waals surface area contributed by atoms with Crippen molar-refractivity contribution in [3.05, 3.63) is 39.9 Å². The molecule has 0 atom stereocenters. The fraction of sp³-hybridized carbons (Fsp3) is 0.731. The predicted molar refractivity (Wildman–Crippen MR) is 131 cm³/mol. The van der Waals surface area contributed by atoms with Gasteiger partial charge in [0.2, 0.25) is 0 Å². The first-order valence-electron chi connectivity index (χ1n) is 12.8. The number of amides is 1. The van der Waals surface area contributed by atoms with E-state index in [1.807, 2.05) is 12.1 Å². The minimum atomic E-state index is -0.920. The van der Waals surface area contributed by atoms with Gasteiger partial charge in [-0.15, -0.1) is 0 Å². The molecule has 2 N–H and O–H groups in total. The largest absolute Gasteiger partial charge is 0.465 e. The highest BCUT2D eigenvalue weighted by molar-refractivity contribution is 5.64. The molecule has 32 heavy (non-hydrogen) atoms. The van der Waals surface area contributed by atoms with E-state index in [1.165, 1.54) is 83.5 Å². The van der Waals surface area contributed by atoms with Gasteiger partial charge in [-0.2, -0.15) is 0 Å². The third-order valence-corrected chi connectivity index (χ3v) is 6.09. The fourth-order valence-electron chi connectivity index (χ4n) is 4.19. The van der Waals surface area contributed by atoms with Gasteiger partial charge in [0, 0.05) is 18.2 Å². The summed E-state index contributed by atoms with van der Waals surface area (Å²) < 4.78 is 0. The van der Waals surface area contributed by atoms with Gasteiger partial charge in [0.1, 0.15) is 0 Å². The number of unbranched alkanes of at least 4 members (excludes halogenated alkanes) is 16. The van der Waals surface area contributed by atoms with Crippen molar-refractivity contribution in [1.29, 1.82) is 0 Å². The monoisotopic (exact) mass is 448 g/mol. The summed E-state index contributed by atoms with van der Waals surface area (Å²) in [6.07, 6.45) is 21.2. The molecular weight excluding hydrogens is 404 g/mol. The van der Waals surface area contributed by atoms with E-state index >= 15 is 0 Å². The van der Waals surface area contributed by atoms with Crippen molar-refractivity contribution < 1.29 is 14.8 Å². The van der Waals surface area contributed by atoms with Crippen molar-refractivity contribution in [3.63, 3.8) is 0 Å². The Labute approximate surface area is 194 Å². The minimum Gasteiger partial charge on any atom is -0.465 e. The molecule has 1 amide bonds. The number of rotatable bonds is 21. The van der Waals surface area contributed by atoms with Crippen LogP contribution in [0.1, 0.15) is 115 Å². The Morgan fingerprint density at radius 3 is 1.56 bits per heavy atom. The van der Waals surface area contributed by atoms with E-state index in [2.05, 4.69) is 5.32 Å². The molecular formula is C26H44N2O4. The maximum absolute atomic E-state index is 11.0. The van der Waals surface area contributed by atoms with Crippen LogP contribution in [0.4, 0.5) is 10.5 Å². The van der Waals surface area contributed by atoms with Gasteiger partial charge in [-0.05, 0) is 19.3 Å². The van der Waals surface area contributed by atoms with Gasteiger partial charge < -0.3 is 10.4 Å². The topological polar surface area (TPSA) is 92.5 Å². The highest BCUT2D eigenvalue weighted by Gasteiger charge is 2.11. The zero-order chi connectivity index (χ0) is 23.3. The Kier molecular flexibility index (Phi) is 17.1. The van der Waals surface area contributed by atoms with E-state index in [9.17, 15) is 14.9 Å². The van der Waals surface area contributed by atoms with E-state index < -0.39 is 6.09 Å². The van der Waals surface area contributed by atoms with E-state index in [0.717, 1.165) is 37.7 Å². The first-order chi connectivity index (χ1) is 15.6. The number of aryl methyl sites for hydroxylation is 1. The van der Waals surface area contributed by atoms with Crippen LogP contribution in [0.2, 0.25) is 0 Å². The number of hydrogen-bond acceptors (Lipinski definition) is 3. The number of nitrogens with zero attached hydrogens (tertiary/aromatic N) is 1. The van der Waals surface area contributed by atoms with Crippen LogP contribution >= 0.6 is 0 Å². The highest BCUT2D eigenvalue weighted by Crippen LogP contribution is 2.20. The lowest BCUT2D eigenvalue weighted by Gasteiger charge is -2.05. The zero-order valence-electron chi connectivity index (χ0n) is 19.9. The van der Waals surface area contributed by atoms with Crippen LogP contribution in [0.5, 0.6) is 0 Å². The smallest absolute Gasteiger partial charge is 0.404 e. The second kappa shape index (κ2) is 19.6. The summed E-state index contributed by atoms with van der Waals surface area (Å²) in [7, 11) is 0. The fourth-order valence-corrected chi connectivity index (χ4v) is 4.19. The van der Waals surface area contributed by atoms with Crippen LogP contribution in [0.3, 0.4) is 0 Å². The third-order valence-electron chi connectivity index (χ3n) is 6.09. The second-order valence-corrected chi connectivity index (χ2v) is 8.88. The molecule has 182 valence electrons. The number of nitro benzene ring substituents is 1. The number of nitro groups is 1. The highest BCUT2D eigenvalue weighted by atomic mass is 16.6. The Balaban J connectivity index is 1.78. The average molecular weight is 449 g/mol. The van der Waals surface area contributed by atoms with Crippen molar-refractivity contribution in [2.45, 2.75) is 116 Å². The van der Waals surface area contributed by atoms with Crippen LogP contribution in [-0.2, 0) is 6.42 Å². The molecule has 0 bridgehead atoms. The number of para-hydroxylation sites is 1. The molecule has 1 rings (SSSR count). The quantitative estimate of drug-likeness (QED) is 0.113. The number of carboxylic acid groups (broad SMARTS) is 1. The summed E-state index contributed by atoms with van der Waals surface area (Å²) in [6.45, 7) is 0.580. The van der Waals surface area contributed by atoms with Gasteiger partial charge in [0.25, 0.3) is 5.69 Å². The van der Waals surface area contributed by atoms with Crippen LogP contribution < -0.4 is 5.32 Å². The molecule has 0 aromatic heterocycles. The molecule has 0 aliphatic rings. The third kappa shape index (κ3) is 15.7. The minimum absolute atomic E-state index is 0.259. The van der Waals surface area contributed by atoms with Gasteiger partial charge in [-0.25, -0.2) is 4.79 Å².